The summed E-state index contributed by atoms with van der Waals surface area (Å²) in [6, 6.07) is 0. The summed E-state index contributed by atoms with van der Waals surface area (Å²) in [7, 11) is -3.64. The van der Waals surface area contributed by atoms with Crippen LogP contribution in [0, 0.1) is 0 Å². The van der Waals surface area contributed by atoms with E-state index in [1.165, 1.54) is 0 Å². The van der Waals surface area contributed by atoms with Crippen LogP contribution >= 0.6 is 7.60 Å². The Morgan fingerprint density at radius 1 is 0.909 bits per heavy atom. The van der Waals surface area contributed by atoms with E-state index in [1.54, 1.807) is 0 Å². The molecule has 64 valence electrons. The van der Waals surface area contributed by atoms with Gasteiger partial charge in [0, 0.05) is 6.66 Å². The number of hydrogen-bond donors (Lipinski definition) is 2. The minimum absolute atomic E-state index is 0. The average Bonchev–Trinajstić information content (AvgIpc) is 0.722. The zero-order valence-electron chi connectivity index (χ0n) is 5.68. The first-order chi connectivity index (χ1) is 2.00. The molecule has 0 unspecified atom stereocenters. The molecule has 10 heteroatoms. The second kappa shape index (κ2) is 23.0. The van der Waals surface area contributed by atoms with Gasteiger partial charge in [-0.2, -0.15) is 0 Å². The van der Waals surface area contributed by atoms with E-state index in [4.69, 9.17) is 9.79 Å². The zero-order valence-corrected chi connectivity index (χ0v) is 12.4. The summed E-state index contributed by atoms with van der Waals surface area (Å²) < 4.78 is 9.33. The third-order valence-electron chi connectivity index (χ3n) is 0. The van der Waals surface area contributed by atoms with Crippen LogP contribution < -0.4 is 49.6 Å². The molecule has 3 nitrogen and oxygen atoms in total. The normalized spacial score (nSPS) is 5.36. The van der Waals surface area contributed by atoms with E-state index in [1.807, 2.05) is 0 Å². The van der Waals surface area contributed by atoms with Gasteiger partial charge < -0.3 is 59.4 Å². The molecule has 0 bridgehead atoms. The fraction of sp³-hybridized carbons (Fsp3) is 1.00. The van der Waals surface area contributed by atoms with Crippen molar-refractivity contribution in [3.05, 3.63) is 0 Å². The van der Waals surface area contributed by atoms with Crippen LogP contribution in [0.2, 0.25) is 0 Å². The van der Waals surface area contributed by atoms with E-state index in [0.717, 1.165) is 6.66 Å². The number of rotatable bonds is 0. The van der Waals surface area contributed by atoms with E-state index >= 15 is 0 Å². The summed E-state index contributed by atoms with van der Waals surface area (Å²) in [4.78, 5) is 15.3. The SMILES string of the molecule is CP(=O)(O)O.[Cl-].[Cl-].[Cl-].[Cl-].[Mg+2].[Mg+2]. The summed E-state index contributed by atoms with van der Waals surface area (Å²) in [5.41, 5.74) is 0. The van der Waals surface area contributed by atoms with Gasteiger partial charge in [-0.25, -0.2) is 0 Å². The van der Waals surface area contributed by atoms with E-state index in [2.05, 4.69) is 0 Å². The van der Waals surface area contributed by atoms with Crippen molar-refractivity contribution in [1.29, 1.82) is 0 Å². The minimum Gasteiger partial charge on any atom is -1.00 e. The van der Waals surface area contributed by atoms with Crippen LogP contribution in [0.4, 0.5) is 0 Å². The zero-order chi connectivity index (χ0) is 4.50. The van der Waals surface area contributed by atoms with Gasteiger partial charge in [0.05, 0.1) is 0 Å². The van der Waals surface area contributed by atoms with E-state index in [-0.39, 0.29) is 95.7 Å². The smallest absolute Gasteiger partial charge is 1.00 e. The first-order valence-corrected chi connectivity index (χ1v) is 3.09. The third kappa shape index (κ3) is 187. The van der Waals surface area contributed by atoms with Gasteiger partial charge in [-0.05, 0) is 0 Å². The molecule has 0 aliphatic carbocycles. The molecule has 2 N–H and O–H groups in total. The van der Waals surface area contributed by atoms with Crippen molar-refractivity contribution in [2.75, 3.05) is 6.66 Å². The van der Waals surface area contributed by atoms with Crippen LogP contribution in [0.5, 0.6) is 0 Å². The molecular formula is CH5Cl4Mg2O3P. The first kappa shape index (κ1) is 48.8. The average molecular weight is 286 g/mol. The molecule has 0 spiro atoms. The van der Waals surface area contributed by atoms with E-state index in [9.17, 15) is 4.57 Å². The van der Waals surface area contributed by atoms with Crippen LogP contribution in [-0.2, 0) is 4.57 Å². The topological polar surface area (TPSA) is 57.5 Å². The Labute approximate surface area is 123 Å². The second-order valence-electron chi connectivity index (χ2n) is 0.835. The Morgan fingerprint density at radius 2 is 0.909 bits per heavy atom. The van der Waals surface area contributed by atoms with Crippen molar-refractivity contribution in [2.45, 2.75) is 0 Å². The molecule has 0 atom stereocenters. The van der Waals surface area contributed by atoms with E-state index in [0.29, 0.717) is 0 Å². The second-order valence-corrected chi connectivity index (χ2v) is 2.51. The largest absolute Gasteiger partial charge is 2.00 e. The van der Waals surface area contributed by atoms with Gasteiger partial charge in [0.15, 0.2) is 0 Å². The van der Waals surface area contributed by atoms with E-state index < -0.39 is 7.60 Å². The van der Waals surface area contributed by atoms with Crippen LogP contribution in [0.25, 0.3) is 0 Å². The predicted octanol–water partition coefficient (Wildman–Crippen LogP) is -13.0. The Balaban J connectivity index is -0.00000000533. The quantitative estimate of drug-likeness (QED) is 0.343. The molecule has 0 aliphatic rings. The molecule has 0 aromatic rings. The maximum absolute atomic E-state index is 9.33. The van der Waals surface area contributed by atoms with Crippen molar-refractivity contribution in [1.82, 2.24) is 0 Å². The van der Waals surface area contributed by atoms with Crippen LogP contribution in [0.1, 0.15) is 0 Å². The van der Waals surface area contributed by atoms with Crippen molar-refractivity contribution in [3.63, 3.8) is 0 Å². The molecule has 0 saturated carbocycles. The van der Waals surface area contributed by atoms with Crippen LogP contribution in [0.15, 0.2) is 0 Å². The molecule has 11 heavy (non-hydrogen) atoms. The van der Waals surface area contributed by atoms with Crippen molar-refractivity contribution in [2.24, 2.45) is 0 Å². The molecular weight excluding hydrogens is 281 g/mol. The van der Waals surface area contributed by atoms with Crippen molar-refractivity contribution >= 4 is 53.7 Å². The minimum atomic E-state index is -3.64. The van der Waals surface area contributed by atoms with Gasteiger partial charge in [-0.15, -0.1) is 0 Å². The molecule has 0 fully saturated rings. The van der Waals surface area contributed by atoms with Gasteiger partial charge in [0.2, 0.25) is 0 Å². The maximum Gasteiger partial charge on any atom is 2.00 e. The predicted molar refractivity (Wildman–Crippen MR) is 29.5 cm³/mol. The molecule has 0 rings (SSSR count). The Morgan fingerprint density at radius 3 is 0.909 bits per heavy atom. The van der Waals surface area contributed by atoms with Crippen molar-refractivity contribution in [3.8, 4) is 0 Å². The summed E-state index contributed by atoms with van der Waals surface area (Å²) in [5.74, 6) is 0. The molecule has 0 amide bonds. The monoisotopic (exact) mass is 284 g/mol. The Hall–Kier alpha value is 2.84. The van der Waals surface area contributed by atoms with Gasteiger partial charge in [-0.1, -0.05) is 0 Å². The molecule has 0 aromatic carbocycles. The summed E-state index contributed by atoms with van der Waals surface area (Å²) in [6.07, 6.45) is 0. The fourth-order valence-electron chi connectivity index (χ4n) is 0. The summed E-state index contributed by atoms with van der Waals surface area (Å²) >= 11 is 0. The van der Waals surface area contributed by atoms with Gasteiger partial charge in [0.1, 0.15) is 0 Å². The molecule has 0 radical (unpaired) electrons. The molecule has 0 aliphatic heterocycles. The molecule has 0 saturated heterocycles. The first-order valence-electron chi connectivity index (χ1n) is 1.03. The number of halogens is 4. The summed E-state index contributed by atoms with van der Waals surface area (Å²) in [5, 5.41) is 0. The fourth-order valence-corrected chi connectivity index (χ4v) is 0. The van der Waals surface area contributed by atoms with Crippen LogP contribution in [0.3, 0.4) is 0 Å². The molecule has 0 heterocycles. The van der Waals surface area contributed by atoms with Gasteiger partial charge in [-0.3, -0.25) is 4.57 Å². The maximum atomic E-state index is 9.33. The Kier molecular flexibility index (Phi) is 102. The van der Waals surface area contributed by atoms with Crippen LogP contribution in [-0.4, -0.2) is 62.6 Å². The number of hydrogen-bond acceptors (Lipinski definition) is 1. The van der Waals surface area contributed by atoms with Crippen molar-refractivity contribution < 1.29 is 64.0 Å². The van der Waals surface area contributed by atoms with Gasteiger partial charge in [0.25, 0.3) is 0 Å². The third-order valence-corrected chi connectivity index (χ3v) is 0. The van der Waals surface area contributed by atoms with Gasteiger partial charge >= 0.3 is 53.7 Å². The Bertz CT molecular complexity index is 69.5. The summed E-state index contributed by atoms with van der Waals surface area (Å²) in [6.45, 7) is 0.854. The standard InChI is InChI=1S/CH5O3P.4ClH.2Mg/c1-5(2,3)4;;;;;;/h1H3,(H2,2,3,4);4*1H;;/q;;;;;2*+2/p-4. The molecule has 0 aromatic heterocycles.